The molecule has 0 fully saturated rings. The van der Waals surface area contributed by atoms with E-state index in [2.05, 4.69) is 29.2 Å². The highest BCUT2D eigenvalue weighted by atomic mass is 16.5. The highest BCUT2D eigenvalue weighted by molar-refractivity contribution is 5.90. The summed E-state index contributed by atoms with van der Waals surface area (Å²) in [5, 5.41) is 4.16. The van der Waals surface area contributed by atoms with Crippen molar-refractivity contribution in [3.05, 3.63) is 131 Å². The minimum atomic E-state index is -0.784. The lowest BCUT2D eigenvalue weighted by molar-refractivity contribution is 0.0600. The van der Waals surface area contributed by atoms with Gasteiger partial charge in [-0.15, -0.1) is 0 Å². The molecule has 8 heteroatoms. The second-order valence-electron chi connectivity index (χ2n) is 10.2. The summed E-state index contributed by atoms with van der Waals surface area (Å²) in [4.78, 5) is 28.9. The molecule has 4 aromatic heterocycles. The van der Waals surface area contributed by atoms with Crippen molar-refractivity contribution < 1.29 is 14.1 Å². The molecule has 1 aliphatic rings. The van der Waals surface area contributed by atoms with E-state index >= 15 is 0 Å². The molecule has 0 saturated heterocycles. The van der Waals surface area contributed by atoms with Gasteiger partial charge < -0.3 is 14.2 Å². The molecule has 0 amide bonds. The lowest BCUT2D eigenvalue weighted by Gasteiger charge is -2.43. The number of hydrogen-bond acceptors (Lipinski definition) is 8. The fourth-order valence-electron chi connectivity index (χ4n) is 5.47. The van der Waals surface area contributed by atoms with Crippen LogP contribution in [0.3, 0.4) is 0 Å². The normalized spacial score (nSPS) is 13.0. The Bertz CT molecular complexity index is 1690. The molecule has 0 aliphatic carbocycles. The van der Waals surface area contributed by atoms with Gasteiger partial charge in [0.05, 0.1) is 41.1 Å². The summed E-state index contributed by atoms with van der Waals surface area (Å²) in [5.74, 6) is 0.373. The van der Waals surface area contributed by atoms with Gasteiger partial charge in [-0.05, 0) is 74.4 Å². The minimum Gasteiger partial charge on any atom is -0.465 e. The highest BCUT2D eigenvalue weighted by Crippen LogP contribution is 2.44. The summed E-state index contributed by atoms with van der Waals surface area (Å²) in [6, 6.07) is 21.4. The van der Waals surface area contributed by atoms with E-state index in [0.717, 1.165) is 56.5 Å². The van der Waals surface area contributed by atoms with Crippen molar-refractivity contribution in [1.82, 2.24) is 20.1 Å². The Labute approximate surface area is 238 Å². The molecular weight excluding hydrogens is 514 g/mol. The van der Waals surface area contributed by atoms with E-state index in [9.17, 15) is 4.79 Å². The quantitative estimate of drug-likeness (QED) is 0.230. The van der Waals surface area contributed by atoms with Gasteiger partial charge in [0.25, 0.3) is 0 Å². The molecule has 1 aliphatic heterocycles. The van der Waals surface area contributed by atoms with Crippen LogP contribution in [0.25, 0.3) is 16.7 Å². The van der Waals surface area contributed by atoms with Gasteiger partial charge in [-0.1, -0.05) is 29.4 Å². The molecule has 0 unspecified atom stereocenters. The number of aryl methyl sites for hydroxylation is 2. The average molecular weight is 544 g/mol. The third-order valence-corrected chi connectivity index (χ3v) is 7.66. The Morgan fingerprint density at radius 2 is 1.61 bits per heavy atom. The number of benzene rings is 1. The lowest BCUT2D eigenvalue weighted by atomic mass is 9.86. The molecule has 0 N–H and O–H groups in total. The summed E-state index contributed by atoms with van der Waals surface area (Å²) < 4.78 is 10.4. The van der Waals surface area contributed by atoms with Crippen LogP contribution < -0.4 is 4.90 Å². The molecule has 204 valence electrons. The van der Waals surface area contributed by atoms with Gasteiger partial charge in [-0.3, -0.25) is 15.0 Å². The van der Waals surface area contributed by atoms with Gasteiger partial charge in [-0.2, -0.15) is 0 Å². The fraction of sp³-hybridized carbons (Fsp3) is 0.182. The fourth-order valence-corrected chi connectivity index (χ4v) is 5.47. The van der Waals surface area contributed by atoms with Crippen molar-refractivity contribution in [3.63, 3.8) is 0 Å². The Hall–Kier alpha value is -5.11. The lowest BCUT2D eigenvalue weighted by Crippen LogP contribution is -2.45. The summed E-state index contributed by atoms with van der Waals surface area (Å²) in [6.07, 6.45) is 8.24. The minimum absolute atomic E-state index is 0.368. The van der Waals surface area contributed by atoms with Crippen molar-refractivity contribution in [2.24, 2.45) is 0 Å². The molecule has 8 nitrogen and oxygen atoms in total. The molecular formula is C33H29N5O3. The number of pyridine rings is 3. The van der Waals surface area contributed by atoms with Crippen LogP contribution in [0.2, 0.25) is 0 Å². The van der Waals surface area contributed by atoms with E-state index in [1.165, 1.54) is 7.11 Å². The number of methoxy groups -OCH3 is 1. The van der Waals surface area contributed by atoms with Crippen LogP contribution in [0.5, 0.6) is 0 Å². The first-order chi connectivity index (χ1) is 19.9. The summed E-state index contributed by atoms with van der Waals surface area (Å²) in [5.41, 5.74) is 7.94. The van der Waals surface area contributed by atoms with Crippen LogP contribution in [0, 0.1) is 13.8 Å². The molecule has 5 heterocycles. The smallest absolute Gasteiger partial charge is 0.337 e. The SMILES string of the molecule is COC(=O)c1ccc(C2=CN(C(C)(c3ccccn3)c3ccccn3)c3cc(-c4c(C)noc4C)cnc3C2)cc1. The zero-order chi connectivity index (χ0) is 28.6. The highest BCUT2D eigenvalue weighted by Gasteiger charge is 2.41. The monoisotopic (exact) mass is 543 g/mol. The molecule has 0 atom stereocenters. The molecule has 1 aromatic carbocycles. The first-order valence-corrected chi connectivity index (χ1v) is 13.3. The largest absolute Gasteiger partial charge is 0.465 e. The first-order valence-electron chi connectivity index (χ1n) is 13.3. The Balaban J connectivity index is 1.57. The summed E-state index contributed by atoms with van der Waals surface area (Å²) >= 11 is 0. The molecule has 0 radical (unpaired) electrons. The molecule has 41 heavy (non-hydrogen) atoms. The molecule has 0 saturated carbocycles. The van der Waals surface area contributed by atoms with Crippen LogP contribution in [0.15, 0.2) is 96.0 Å². The Kier molecular flexibility index (Phi) is 6.67. The van der Waals surface area contributed by atoms with E-state index in [1.54, 1.807) is 24.5 Å². The average Bonchev–Trinajstić information content (AvgIpc) is 3.37. The van der Waals surface area contributed by atoms with Crippen LogP contribution in [0.4, 0.5) is 5.69 Å². The van der Waals surface area contributed by atoms with Gasteiger partial charge in [0.15, 0.2) is 0 Å². The van der Waals surface area contributed by atoms with Crippen LogP contribution in [-0.4, -0.2) is 33.2 Å². The van der Waals surface area contributed by atoms with E-state index in [0.29, 0.717) is 12.0 Å². The number of rotatable bonds is 6. The predicted molar refractivity (Wildman–Crippen MR) is 156 cm³/mol. The van der Waals surface area contributed by atoms with Crippen LogP contribution in [0.1, 0.15) is 51.4 Å². The number of hydrogen-bond donors (Lipinski definition) is 0. The van der Waals surface area contributed by atoms with Crippen molar-refractivity contribution in [3.8, 4) is 11.1 Å². The first kappa shape index (κ1) is 26.1. The molecule has 5 aromatic rings. The maximum atomic E-state index is 12.1. The van der Waals surface area contributed by atoms with E-state index in [4.69, 9.17) is 24.2 Å². The summed E-state index contributed by atoms with van der Waals surface area (Å²) in [6.45, 7) is 5.98. The van der Waals surface area contributed by atoms with E-state index in [-0.39, 0.29) is 5.97 Å². The second-order valence-corrected chi connectivity index (χ2v) is 10.2. The number of anilines is 1. The maximum absolute atomic E-state index is 12.1. The van der Waals surface area contributed by atoms with Gasteiger partial charge in [0, 0.05) is 42.3 Å². The number of nitrogens with zero attached hydrogens (tertiary/aromatic N) is 5. The molecule has 0 spiro atoms. The number of fused-ring (bicyclic) bond motifs is 1. The van der Waals surface area contributed by atoms with Crippen molar-refractivity contribution in [2.75, 3.05) is 12.0 Å². The molecule has 0 bridgehead atoms. The van der Waals surface area contributed by atoms with Crippen molar-refractivity contribution in [1.29, 1.82) is 0 Å². The van der Waals surface area contributed by atoms with E-state index in [1.807, 2.05) is 68.6 Å². The predicted octanol–water partition coefficient (Wildman–Crippen LogP) is 6.30. The topological polar surface area (TPSA) is 94.2 Å². The third kappa shape index (κ3) is 4.57. The number of carbonyl (C=O) groups is 1. The van der Waals surface area contributed by atoms with Crippen LogP contribution >= 0.6 is 0 Å². The Morgan fingerprint density at radius 3 is 2.17 bits per heavy atom. The number of ether oxygens (including phenoxy) is 1. The standard InChI is InChI=1S/C33H29N5O3/c1-21-31(22(2)41-37-21)25-18-28-27(36-19-25)17-26(23-11-13-24(14-12-23)32(39)40-4)20-38(28)33(3,29-9-5-7-15-34-29)30-10-6-8-16-35-30/h5-16,18-20H,17H2,1-4H3. The molecule has 6 rings (SSSR count). The van der Waals surface area contributed by atoms with Gasteiger partial charge >= 0.3 is 5.97 Å². The number of carbonyl (C=O) groups excluding carboxylic acids is 1. The number of allylic oxidation sites excluding steroid dienone is 1. The maximum Gasteiger partial charge on any atom is 0.337 e. The van der Waals surface area contributed by atoms with Gasteiger partial charge in [-0.25, -0.2) is 4.79 Å². The van der Waals surface area contributed by atoms with Gasteiger partial charge in [0.1, 0.15) is 11.3 Å². The second kappa shape index (κ2) is 10.5. The van der Waals surface area contributed by atoms with Crippen LogP contribution in [-0.2, 0) is 16.7 Å². The number of esters is 1. The van der Waals surface area contributed by atoms with Crippen molar-refractivity contribution in [2.45, 2.75) is 32.7 Å². The Morgan fingerprint density at radius 1 is 0.927 bits per heavy atom. The number of aromatic nitrogens is 4. The van der Waals surface area contributed by atoms with Gasteiger partial charge in [0.2, 0.25) is 0 Å². The summed E-state index contributed by atoms with van der Waals surface area (Å²) in [7, 11) is 1.38. The third-order valence-electron chi connectivity index (χ3n) is 7.66. The van der Waals surface area contributed by atoms with E-state index < -0.39 is 5.54 Å². The zero-order valence-corrected chi connectivity index (χ0v) is 23.3. The zero-order valence-electron chi connectivity index (χ0n) is 23.3. The van der Waals surface area contributed by atoms with Crippen molar-refractivity contribution >= 4 is 17.2 Å².